The molecule has 3 fully saturated rings. The van der Waals surface area contributed by atoms with Gasteiger partial charge in [0, 0.05) is 18.1 Å². The van der Waals surface area contributed by atoms with Gasteiger partial charge in [-0.3, -0.25) is 34.2 Å². The van der Waals surface area contributed by atoms with Gasteiger partial charge in [0.1, 0.15) is 0 Å². The van der Waals surface area contributed by atoms with Crippen molar-refractivity contribution >= 4 is 80.2 Å². The average molecular weight is 705 g/mol. The number of imide groups is 2. The number of phenols is 1. The second kappa shape index (κ2) is 10.7. The van der Waals surface area contributed by atoms with E-state index in [2.05, 4.69) is 15.9 Å². The van der Waals surface area contributed by atoms with Gasteiger partial charge in [-0.25, -0.2) is 4.90 Å². The smallest absolute Gasteiger partial charge is 0.271 e. The number of aromatic hydroxyl groups is 1. The fourth-order valence-corrected chi connectivity index (χ4v) is 8.39. The number of rotatable bonds is 6. The highest BCUT2D eigenvalue weighted by Crippen LogP contribution is 2.63. The van der Waals surface area contributed by atoms with Gasteiger partial charge in [0.25, 0.3) is 17.5 Å². The second-order valence-electron chi connectivity index (χ2n) is 11.1. The highest BCUT2D eigenvalue weighted by Gasteiger charge is 2.75. The minimum atomic E-state index is -1.95. The minimum absolute atomic E-state index is 0.0701. The number of nitro groups is 1. The van der Waals surface area contributed by atoms with Gasteiger partial charge in [-0.05, 0) is 42.5 Å². The summed E-state index contributed by atoms with van der Waals surface area (Å²) in [6.45, 7) is 0. The molecule has 228 valence electrons. The number of nitro benzene ring substituents is 1. The van der Waals surface area contributed by atoms with Crippen molar-refractivity contribution in [3.63, 3.8) is 0 Å². The Morgan fingerprint density at radius 3 is 2.55 bits per heavy atom. The molecular weight excluding hydrogens is 681 g/mol. The third-order valence-electron chi connectivity index (χ3n) is 9.06. The Hall–Kier alpha value is -3.74. The predicted molar refractivity (Wildman–Crippen MR) is 163 cm³/mol. The van der Waals surface area contributed by atoms with Crippen LogP contribution in [0, 0.1) is 33.8 Å². The molecule has 2 aliphatic carbocycles. The van der Waals surface area contributed by atoms with E-state index in [1.54, 1.807) is 30.4 Å². The number of hydrogen-bond acceptors (Lipinski definition) is 8. The van der Waals surface area contributed by atoms with Gasteiger partial charge < -0.3 is 9.84 Å². The largest absolute Gasteiger partial charge is 0.504 e. The highest BCUT2D eigenvalue weighted by atomic mass is 79.9. The molecule has 0 radical (unpaired) electrons. The van der Waals surface area contributed by atoms with Crippen LogP contribution in [-0.2, 0) is 19.2 Å². The van der Waals surface area contributed by atoms with Crippen LogP contribution in [0.5, 0.6) is 11.5 Å². The monoisotopic (exact) mass is 703 g/mol. The molecule has 11 nitrogen and oxygen atoms in total. The van der Waals surface area contributed by atoms with Crippen molar-refractivity contribution in [3.05, 3.63) is 75.9 Å². The molecule has 2 aromatic rings. The van der Waals surface area contributed by atoms with Gasteiger partial charge in [-0.1, -0.05) is 51.9 Å². The van der Waals surface area contributed by atoms with Crippen LogP contribution in [-0.4, -0.2) is 60.9 Å². The normalized spacial score (nSPS) is 31.2. The van der Waals surface area contributed by atoms with E-state index in [4.69, 9.17) is 27.9 Å². The number of halogens is 3. The summed E-state index contributed by atoms with van der Waals surface area (Å²) in [6, 6.07) is 9.92. The maximum Gasteiger partial charge on any atom is 0.271 e. The summed E-state index contributed by atoms with van der Waals surface area (Å²) in [5.74, 6) is -5.79. The fourth-order valence-electron chi connectivity index (χ4n) is 7.01. The van der Waals surface area contributed by atoms with Crippen LogP contribution in [0.25, 0.3) is 6.08 Å². The summed E-state index contributed by atoms with van der Waals surface area (Å²) in [5.41, 5.74) is 0.840. The van der Waals surface area contributed by atoms with Gasteiger partial charge in [-0.2, -0.15) is 0 Å². The SMILES string of the molecule is COc1cc(C=CC2C3=CCC4C(=O)N(c5cccc([N+](=O)[O-])c5)C(=O)C4C3CC3(Cl)C(=O)N(CBr)C(=O)C23Cl)ccc1O. The zero-order valence-electron chi connectivity index (χ0n) is 23.0. The van der Waals surface area contributed by atoms with Crippen molar-refractivity contribution in [2.24, 2.45) is 23.7 Å². The molecule has 6 unspecified atom stereocenters. The Balaban J connectivity index is 1.46. The summed E-state index contributed by atoms with van der Waals surface area (Å²) in [5, 5.41) is 21.4. The summed E-state index contributed by atoms with van der Waals surface area (Å²) in [4.78, 5) is 63.9. The number of alkyl halides is 3. The number of hydrogen-bond donors (Lipinski definition) is 1. The number of fused-ring (bicyclic) bond motifs is 4. The molecule has 0 bridgehead atoms. The Kier molecular flexibility index (Phi) is 7.37. The number of non-ortho nitro benzene ring substituents is 1. The van der Waals surface area contributed by atoms with E-state index in [0.717, 1.165) is 9.80 Å². The van der Waals surface area contributed by atoms with Crippen LogP contribution in [0.1, 0.15) is 18.4 Å². The lowest BCUT2D eigenvalue weighted by molar-refractivity contribution is -0.384. The molecule has 4 aliphatic rings. The van der Waals surface area contributed by atoms with Crippen LogP contribution in [0.2, 0.25) is 0 Å². The molecule has 2 heterocycles. The Bertz CT molecular complexity index is 1710. The molecule has 0 aromatic heterocycles. The van der Waals surface area contributed by atoms with E-state index in [9.17, 15) is 34.4 Å². The van der Waals surface area contributed by atoms with Crippen LogP contribution < -0.4 is 9.64 Å². The zero-order chi connectivity index (χ0) is 31.7. The van der Waals surface area contributed by atoms with Crippen LogP contribution >= 0.6 is 39.1 Å². The van der Waals surface area contributed by atoms with E-state index < -0.39 is 62.0 Å². The number of carbonyl (C=O) groups excluding carboxylic acids is 4. The first-order chi connectivity index (χ1) is 20.9. The molecule has 1 N–H and O–H groups in total. The molecule has 2 aliphatic heterocycles. The molecule has 2 saturated heterocycles. The topological polar surface area (TPSA) is 147 Å². The predicted octanol–water partition coefficient (Wildman–Crippen LogP) is 4.77. The maximum absolute atomic E-state index is 14.0. The number of methoxy groups -OCH3 is 1. The highest BCUT2D eigenvalue weighted by molar-refractivity contribution is 9.09. The van der Waals surface area contributed by atoms with Crippen molar-refractivity contribution < 1.29 is 33.9 Å². The number of likely N-dealkylation sites (tertiary alicyclic amines) is 1. The lowest BCUT2D eigenvalue weighted by Gasteiger charge is -2.49. The molecular formula is C30H24BrCl2N3O8. The number of phenolic OH excluding ortho intramolecular Hbond substituents is 1. The van der Waals surface area contributed by atoms with Gasteiger partial charge in [0.05, 0.1) is 35.0 Å². The van der Waals surface area contributed by atoms with E-state index in [-0.39, 0.29) is 41.2 Å². The second-order valence-corrected chi connectivity index (χ2v) is 12.9. The first-order valence-electron chi connectivity index (χ1n) is 13.6. The molecule has 6 atom stereocenters. The zero-order valence-corrected chi connectivity index (χ0v) is 26.1. The molecule has 2 aromatic carbocycles. The summed E-state index contributed by atoms with van der Waals surface area (Å²) in [7, 11) is 1.40. The number of carbonyl (C=O) groups is 4. The number of anilines is 1. The fraction of sp³-hybridized carbons (Fsp3) is 0.333. The van der Waals surface area contributed by atoms with Crippen LogP contribution in [0.15, 0.2) is 60.2 Å². The lowest BCUT2D eigenvalue weighted by Crippen LogP contribution is -2.60. The number of amides is 4. The Labute approximate surface area is 269 Å². The molecule has 14 heteroatoms. The van der Waals surface area contributed by atoms with Crippen molar-refractivity contribution in [2.75, 3.05) is 17.5 Å². The molecule has 4 amide bonds. The van der Waals surface area contributed by atoms with Crippen molar-refractivity contribution in [1.82, 2.24) is 4.90 Å². The number of benzene rings is 2. The van der Waals surface area contributed by atoms with E-state index >= 15 is 0 Å². The summed E-state index contributed by atoms with van der Waals surface area (Å²) in [6.07, 6.45) is 5.07. The molecule has 6 rings (SSSR count). The Morgan fingerprint density at radius 2 is 1.86 bits per heavy atom. The van der Waals surface area contributed by atoms with Gasteiger partial charge in [0.15, 0.2) is 21.2 Å². The summed E-state index contributed by atoms with van der Waals surface area (Å²) < 4.78 is 5.20. The quantitative estimate of drug-likeness (QED) is 0.113. The number of ether oxygens (including phenoxy) is 1. The molecule has 1 saturated carbocycles. The number of nitrogens with zero attached hydrogens (tertiary/aromatic N) is 3. The minimum Gasteiger partial charge on any atom is -0.504 e. The lowest BCUT2D eigenvalue weighted by atomic mass is 9.57. The van der Waals surface area contributed by atoms with Crippen LogP contribution in [0.3, 0.4) is 0 Å². The van der Waals surface area contributed by atoms with Crippen molar-refractivity contribution in [3.8, 4) is 11.5 Å². The standard InChI is InChI=1S/C30H24BrCl2N3O8/c1-44-23-11-15(6-10-22(23)37)5-9-21-18-7-8-19-24(20(18)13-29(32)27(40)34(14-31)28(41)30(21,29)33)26(39)35(25(19)38)16-3-2-4-17(12-16)36(42)43/h2-7,9-12,19-21,24,37H,8,13-14H2,1H3. The van der Waals surface area contributed by atoms with E-state index in [1.165, 1.54) is 37.4 Å². The van der Waals surface area contributed by atoms with E-state index in [1.807, 2.05) is 0 Å². The van der Waals surface area contributed by atoms with Crippen molar-refractivity contribution in [1.29, 1.82) is 0 Å². The molecule has 0 spiro atoms. The third kappa shape index (κ3) is 4.14. The van der Waals surface area contributed by atoms with Crippen molar-refractivity contribution in [2.45, 2.75) is 22.6 Å². The third-order valence-corrected chi connectivity index (χ3v) is 11.0. The maximum atomic E-state index is 14.0. The van der Waals surface area contributed by atoms with Gasteiger partial charge >= 0.3 is 0 Å². The van der Waals surface area contributed by atoms with Crippen LogP contribution in [0.4, 0.5) is 11.4 Å². The van der Waals surface area contributed by atoms with Gasteiger partial charge in [-0.15, -0.1) is 23.2 Å². The molecule has 44 heavy (non-hydrogen) atoms. The van der Waals surface area contributed by atoms with E-state index in [0.29, 0.717) is 11.1 Å². The summed E-state index contributed by atoms with van der Waals surface area (Å²) >= 11 is 17.5. The number of allylic oxidation sites excluding steroid dienone is 3. The first kappa shape index (κ1) is 30.3. The first-order valence-corrected chi connectivity index (χ1v) is 15.4. The van der Waals surface area contributed by atoms with Gasteiger partial charge in [0.2, 0.25) is 11.8 Å². The Morgan fingerprint density at radius 1 is 1.11 bits per heavy atom. The average Bonchev–Trinajstić information content (AvgIpc) is 3.34.